The molecule has 0 unspecified atom stereocenters. The summed E-state index contributed by atoms with van der Waals surface area (Å²) in [6.45, 7) is 0.180. The molecule has 3 aromatic carbocycles. The van der Waals surface area contributed by atoms with Crippen LogP contribution in [0.1, 0.15) is 12.0 Å². The number of para-hydroxylation sites is 1. The minimum Gasteiger partial charge on any atom is -0.338 e. The van der Waals surface area contributed by atoms with Crippen LogP contribution in [0, 0.1) is 5.82 Å². The maximum atomic E-state index is 13.4. The van der Waals surface area contributed by atoms with Crippen molar-refractivity contribution < 1.29 is 27.2 Å². The number of rotatable bonds is 7. The molecule has 3 aromatic rings. The number of alkyl halides is 3. The van der Waals surface area contributed by atoms with Gasteiger partial charge in [-0.1, -0.05) is 29.8 Å². The summed E-state index contributed by atoms with van der Waals surface area (Å²) in [5, 5.41) is 7.79. The zero-order valence-electron chi connectivity index (χ0n) is 18.2. The second-order valence-electron chi connectivity index (χ2n) is 7.35. The molecular weight excluding hydrogens is 488 g/mol. The molecule has 0 radical (unpaired) electrons. The number of carbonyl (C=O) groups is 2. The third kappa shape index (κ3) is 7.61. The normalized spacial score (nSPS) is 11.0. The molecule has 11 heteroatoms. The average molecular weight is 509 g/mol. The van der Waals surface area contributed by atoms with E-state index in [9.17, 15) is 27.2 Å². The Morgan fingerprint density at radius 1 is 0.914 bits per heavy atom. The van der Waals surface area contributed by atoms with Crippen molar-refractivity contribution in [3.05, 3.63) is 89.2 Å². The third-order valence-corrected chi connectivity index (χ3v) is 5.02. The summed E-state index contributed by atoms with van der Waals surface area (Å²) in [4.78, 5) is 26.3. The van der Waals surface area contributed by atoms with Crippen LogP contribution in [0.4, 0.5) is 44.2 Å². The van der Waals surface area contributed by atoms with Crippen LogP contribution in [0.5, 0.6) is 0 Å². The topological polar surface area (TPSA) is 73.5 Å². The molecule has 0 saturated heterocycles. The standard InChI is InChI=1S/C24H21ClF4N4O2/c25-16-5-3-6-18(15-16)31-23(35)33(19-11-9-17(26)10-12-19)14-4-13-30-22(34)32-21-8-2-1-7-20(21)24(27,28)29/h1-3,5-12,15H,4,13-14H2,(H,31,35)(H2,30,32,34). The first-order valence-electron chi connectivity index (χ1n) is 10.4. The van der Waals surface area contributed by atoms with E-state index in [1.54, 1.807) is 24.3 Å². The molecule has 3 rings (SSSR count). The molecule has 0 atom stereocenters. The van der Waals surface area contributed by atoms with Gasteiger partial charge in [0.2, 0.25) is 0 Å². The minimum atomic E-state index is -4.62. The van der Waals surface area contributed by atoms with Gasteiger partial charge in [0.25, 0.3) is 0 Å². The highest BCUT2D eigenvalue weighted by molar-refractivity contribution is 6.30. The highest BCUT2D eigenvalue weighted by Crippen LogP contribution is 2.34. The van der Waals surface area contributed by atoms with Crippen molar-refractivity contribution >= 4 is 40.7 Å². The van der Waals surface area contributed by atoms with Crippen molar-refractivity contribution in [1.82, 2.24) is 5.32 Å². The molecule has 0 aromatic heterocycles. The molecule has 3 N–H and O–H groups in total. The van der Waals surface area contributed by atoms with E-state index in [0.29, 0.717) is 16.4 Å². The van der Waals surface area contributed by atoms with Gasteiger partial charge in [-0.15, -0.1) is 0 Å². The predicted molar refractivity (Wildman–Crippen MR) is 127 cm³/mol. The number of hydrogen-bond acceptors (Lipinski definition) is 2. The van der Waals surface area contributed by atoms with Gasteiger partial charge < -0.3 is 16.0 Å². The van der Waals surface area contributed by atoms with E-state index in [2.05, 4.69) is 16.0 Å². The Bertz CT molecular complexity index is 1170. The van der Waals surface area contributed by atoms with Crippen LogP contribution >= 0.6 is 11.6 Å². The molecule has 0 spiro atoms. The van der Waals surface area contributed by atoms with Gasteiger partial charge in [-0.05, 0) is 61.0 Å². The first-order valence-corrected chi connectivity index (χ1v) is 10.8. The molecule has 6 nitrogen and oxygen atoms in total. The Balaban J connectivity index is 1.60. The fraction of sp³-hybridized carbons (Fsp3) is 0.167. The summed E-state index contributed by atoms with van der Waals surface area (Å²) >= 11 is 5.95. The van der Waals surface area contributed by atoms with Gasteiger partial charge >= 0.3 is 18.2 Å². The molecule has 4 amide bonds. The van der Waals surface area contributed by atoms with Crippen LogP contribution < -0.4 is 20.9 Å². The number of amides is 4. The molecule has 0 bridgehead atoms. The quantitative estimate of drug-likeness (QED) is 0.244. The summed E-state index contributed by atoms with van der Waals surface area (Å²) in [7, 11) is 0. The monoisotopic (exact) mass is 508 g/mol. The van der Waals surface area contributed by atoms with Gasteiger partial charge in [-0.25, -0.2) is 14.0 Å². The second-order valence-corrected chi connectivity index (χ2v) is 7.78. The molecule has 0 aliphatic carbocycles. The number of urea groups is 2. The van der Waals surface area contributed by atoms with E-state index in [-0.39, 0.29) is 25.2 Å². The van der Waals surface area contributed by atoms with E-state index in [1.165, 1.54) is 41.3 Å². The van der Waals surface area contributed by atoms with Crippen LogP contribution in [0.2, 0.25) is 5.02 Å². The summed E-state index contributed by atoms with van der Waals surface area (Å²) in [6.07, 6.45) is -4.36. The van der Waals surface area contributed by atoms with Crippen LogP contribution in [0.25, 0.3) is 0 Å². The molecule has 0 fully saturated rings. The lowest BCUT2D eigenvalue weighted by atomic mass is 10.1. The SMILES string of the molecule is O=C(NCCCN(C(=O)Nc1cccc(Cl)c1)c1ccc(F)cc1)Nc1ccccc1C(F)(F)F. The Kier molecular flexibility index (Phi) is 8.53. The highest BCUT2D eigenvalue weighted by Gasteiger charge is 2.33. The molecule has 0 heterocycles. The van der Waals surface area contributed by atoms with Crippen molar-refractivity contribution in [1.29, 1.82) is 0 Å². The van der Waals surface area contributed by atoms with E-state index >= 15 is 0 Å². The molecule has 184 valence electrons. The number of carbonyl (C=O) groups excluding carboxylic acids is 2. The van der Waals surface area contributed by atoms with E-state index in [4.69, 9.17) is 11.6 Å². The van der Waals surface area contributed by atoms with Crippen LogP contribution in [0.3, 0.4) is 0 Å². The lowest BCUT2D eigenvalue weighted by molar-refractivity contribution is -0.136. The Morgan fingerprint density at radius 2 is 1.63 bits per heavy atom. The van der Waals surface area contributed by atoms with Crippen LogP contribution in [-0.2, 0) is 6.18 Å². The van der Waals surface area contributed by atoms with Crippen molar-refractivity contribution in [2.24, 2.45) is 0 Å². The summed E-state index contributed by atoms with van der Waals surface area (Å²) < 4.78 is 52.6. The zero-order valence-corrected chi connectivity index (χ0v) is 19.0. The van der Waals surface area contributed by atoms with E-state index in [1.807, 2.05) is 0 Å². The second kappa shape index (κ2) is 11.6. The maximum absolute atomic E-state index is 13.4. The fourth-order valence-electron chi connectivity index (χ4n) is 3.17. The summed E-state index contributed by atoms with van der Waals surface area (Å²) in [5.41, 5.74) is -0.466. The van der Waals surface area contributed by atoms with Crippen molar-refractivity contribution in [3.8, 4) is 0 Å². The first-order chi connectivity index (χ1) is 16.6. The molecule has 0 saturated carbocycles. The third-order valence-electron chi connectivity index (χ3n) is 4.78. The van der Waals surface area contributed by atoms with Gasteiger partial charge in [0, 0.05) is 29.5 Å². The summed E-state index contributed by atoms with van der Waals surface area (Å²) in [5.74, 6) is -0.471. The predicted octanol–water partition coefficient (Wildman–Crippen LogP) is 6.75. The van der Waals surface area contributed by atoms with Crippen LogP contribution in [-0.4, -0.2) is 25.2 Å². The lowest BCUT2D eigenvalue weighted by Crippen LogP contribution is -2.38. The maximum Gasteiger partial charge on any atom is 0.418 e. The molecular formula is C24H21ClF4N4O2. The summed E-state index contributed by atoms with van der Waals surface area (Å²) in [6, 6.07) is 15.1. The van der Waals surface area contributed by atoms with Gasteiger partial charge in [0.05, 0.1) is 11.3 Å². The Labute approximate surface area is 203 Å². The van der Waals surface area contributed by atoms with Crippen molar-refractivity contribution in [2.45, 2.75) is 12.6 Å². The Hall–Kier alpha value is -3.79. The molecule has 35 heavy (non-hydrogen) atoms. The van der Waals surface area contributed by atoms with E-state index in [0.717, 1.165) is 12.1 Å². The van der Waals surface area contributed by atoms with Gasteiger partial charge in [-0.2, -0.15) is 13.2 Å². The number of nitrogens with zero attached hydrogens (tertiary/aromatic N) is 1. The van der Waals surface area contributed by atoms with Gasteiger partial charge in [-0.3, -0.25) is 4.90 Å². The van der Waals surface area contributed by atoms with Crippen molar-refractivity contribution in [2.75, 3.05) is 28.6 Å². The smallest absolute Gasteiger partial charge is 0.338 e. The van der Waals surface area contributed by atoms with Crippen molar-refractivity contribution in [3.63, 3.8) is 0 Å². The zero-order chi connectivity index (χ0) is 25.4. The number of nitrogens with one attached hydrogen (secondary N) is 3. The number of halogens is 5. The largest absolute Gasteiger partial charge is 0.418 e. The van der Waals surface area contributed by atoms with Gasteiger partial charge in [0.15, 0.2) is 0 Å². The molecule has 0 aliphatic heterocycles. The average Bonchev–Trinajstić information content (AvgIpc) is 2.79. The number of anilines is 3. The fourth-order valence-corrected chi connectivity index (χ4v) is 3.36. The molecule has 0 aliphatic rings. The van der Waals surface area contributed by atoms with Crippen LogP contribution in [0.15, 0.2) is 72.8 Å². The first kappa shape index (κ1) is 25.8. The van der Waals surface area contributed by atoms with Gasteiger partial charge in [0.1, 0.15) is 5.82 Å². The number of benzene rings is 3. The van der Waals surface area contributed by atoms with E-state index < -0.39 is 29.6 Å². The Morgan fingerprint density at radius 3 is 2.31 bits per heavy atom. The minimum absolute atomic E-state index is 0.0577. The lowest BCUT2D eigenvalue weighted by Gasteiger charge is -2.23. The highest BCUT2D eigenvalue weighted by atomic mass is 35.5. The number of hydrogen-bond donors (Lipinski definition) is 3.